The molecule has 0 aromatic rings. The van der Waals surface area contributed by atoms with Crippen molar-refractivity contribution in [1.29, 1.82) is 0 Å². The second kappa shape index (κ2) is 5.11. The molecule has 0 spiro atoms. The van der Waals surface area contributed by atoms with Crippen LogP contribution in [0, 0.1) is 0 Å². The lowest BCUT2D eigenvalue weighted by Crippen LogP contribution is -2.42. The number of ether oxygens (including phenoxy) is 1. The number of hydrogen-bond donors (Lipinski definition) is 1. The predicted octanol–water partition coefficient (Wildman–Crippen LogP) is 1.35. The van der Waals surface area contributed by atoms with Crippen LogP contribution in [0.15, 0.2) is 0 Å². The number of alkyl halides is 2. The van der Waals surface area contributed by atoms with Gasteiger partial charge >= 0.3 is 11.9 Å². The fourth-order valence-electron chi connectivity index (χ4n) is 0.851. The highest BCUT2D eigenvalue weighted by Gasteiger charge is 2.47. The summed E-state index contributed by atoms with van der Waals surface area (Å²) in [5, 5.41) is 8.96. The van der Waals surface area contributed by atoms with Crippen molar-refractivity contribution >= 4 is 5.97 Å². The van der Waals surface area contributed by atoms with Gasteiger partial charge in [0.05, 0.1) is 7.11 Å². The largest absolute Gasteiger partial charge is 0.465 e. The molecule has 1 unspecified atom stereocenters. The maximum Gasteiger partial charge on any atom is 0.379 e. The number of methoxy groups -OCH3 is 1. The maximum absolute atomic E-state index is 12.8. The Balaban J connectivity index is 4.17. The van der Waals surface area contributed by atoms with Gasteiger partial charge in [-0.25, -0.2) is 4.79 Å². The Labute approximate surface area is 75.7 Å². The molecule has 13 heavy (non-hydrogen) atoms. The highest BCUT2D eigenvalue weighted by atomic mass is 19.3. The topological polar surface area (TPSA) is 46.5 Å². The summed E-state index contributed by atoms with van der Waals surface area (Å²) >= 11 is 0. The molecule has 0 aliphatic carbocycles. The van der Waals surface area contributed by atoms with E-state index in [9.17, 15) is 13.6 Å². The van der Waals surface area contributed by atoms with Gasteiger partial charge in [-0.3, -0.25) is 0 Å². The first-order valence-electron chi connectivity index (χ1n) is 4.11. The standard InChI is InChI=1S/C8H14F2O3/c1-3-4-5-6(11)8(9,10)7(12)13-2/h6,11H,3-5H2,1-2H3. The SMILES string of the molecule is CCCCC(O)C(F)(F)C(=O)OC. The Morgan fingerprint density at radius 3 is 2.54 bits per heavy atom. The molecule has 0 aromatic heterocycles. The second-order valence-corrected chi connectivity index (χ2v) is 2.77. The summed E-state index contributed by atoms with van der Waals surface area (Å²) < 4.78 is 29.5. The average Bonchev–Trinajstić information content (AvgIpc) is 2.12. The molecule has 1 N–H and O–H groups in total. The monoisotopic (exact) mass is 196 g/mol. The quantitative estimate of drug-likeness (QED) is 0.675. The number of esters is 1. The molecule has 0 aliphatic rings. The third kappa shape index (κ3) is 3.26. The Morgan fingerprint density at radius 1 is 1.62 bits per heavy atom. The molecule has 0 aromatic carbocycles. The zero-order chi connectivity index (χ0) is 10.5. The Morgan fingerprint density at radius 2 is 2.15 bits per heavy atom. The number of unbranched alkanes of at least 4 members (excludes halogenated alkanes) is 1. The van der Waals surface area contributed by atoms with Crippen LogP contribution in [0.25, 0.3) is 0 Å². The highest BCUT2D eigenvalue weighted by molar-refractivity contribution is 5.78. The van der Waals surface area contributed by atoms with Crippen molar-refractivity contribution in [2.24, 2.45) is 0 Å². The van der Waals surface area contributed by atoms with Gasteiger partial charge in [-0.05, 0) is 6.42 Å². The van der Waals surface area contributed by atoms with E-state index in [1.165, 1.54) is 0 Å². The van der Waals surface area contributed by atoms with Crippen molar-refractivity contribution in [1.82, 2.24) is 0 Å². The fourth-order valence-corrected chi connectivity index (χ4v) is 0.851. The molecule has 0 heterocycles. The molecule has 0 aliphatic heterocycles. The van der Waals surface area contributed by atoms with Crippen molar-refractivity contribution in [2.75, 3.05) is 7.11 Å². The van der Waals surface area contributed by atoms with Crippen LogP contribution in [0.5, 0.6) is 0 Å². The number of aliphatic hydroxyl groups is 1. The van der Waals surface area contributed by atoms with E-state index >= 15 is 0 Å². The predicted molar refractivity (Wildman–Crippen MR) is 42.5 cm³/mol. The molecular formula is C8H14F2O3. The summed E-state index contributed by atoms with van der Waals surface area (Å²) in [6, 6.07) is 0. The molecule has 5 heteroatoms. The van der Waals surface area contributed by atoms with Gasteiger partial charge in [-0.1, -0.05) is 19.8 Å². The molecular weight excluding hydrogens is 182 g/mol. The third-order valence-electron chi connectivity index (χ3n) is 1.71. The van der Waals surface area contributed by atoms with Gasteiger partial charge in [-0.2, -0.15) is 8.78 Å². The lowest BCUT2D eigenvalue weighted by molar-refractivity contribution is -0.186. The van der Waals surface area contributed by atoms with Gasteiger partial charge in [0.2, 0.25) is 0 Å². The number of halogens is 2. The lowest BCUT2D eigenvalue weighted by Gasteiger charge is -2.19. The Kier molecular flexibility index (Phi) is 4.83. The summed E-state index contributed by atoms with van der Waals surface area (Å²) in [7, 11) is 0.864. The zero-order valence-electron chi connectivity index (χ0n) is 7.72. The van der Waals surface area contributed by atoms with E-state index in [1.54, 1.807) is 0 Å². The van der Waals surface area contributed by atoms with Crippen molar-refractivity contribution in [2.45, 2.75) is 38.2 Å². The molecule has 78 valence electrons. The van der Waals surface area contributed by atoms with Crippen LogP contribution in [-0.4, -0.2) is 30.2 Å². The van der Waals surface area contributed by atoms with E-state index in [0.717, 1.165) is 7.11 Å². The van der Waals surface area contributed by atoms with Gasteiger partial charge < -0.3 is 9.84 Å². The van der Waals surface area contributed by atoms with E-state index in [0.29, 0.717) is 12.8 Å². The van der Waals surface area contributed by atoms with E-state index in [2.05, 4.69) is 4.74 Å². The third-order valence-corrected chi connectivity index (χ3v) is 1.71. The smallest absolute Gasteiger partial charge is 0.379 e. The number of rotatable bonds is 5. The zero-order valence-corrected chi connectivity index (χ0v) is 7.72. The van der Waals surface area contributed by atoms with Gasteiger partial charge in [0.1, 0.15) is 6.10 Å². The first-order valence-corrected chi connectivity index (χ1v) is 4.11. The van der Waals surface area contributed by atoms with Crippen LogP contribution in [0.4, 0.5) is 8.78 Å². The summed E-state index contributed by atoms with van der Waals surface area (Å²) in [6.07, 6.45) is -0.902. The van der Waals surface area contributed by atoms with Gasteiger partial charge in [0.25, 0.3) is 0 Å². The van der Waals surface area contributed by atoms with E-state index in [1.807, 2.05) is 6.92 Å². The molecule has 0 fully saturated rings. The molecule has 1 atom stereocenters. The lowest BCUT2D eigenvalue weighted by atomic mass is 10.1. The van der Waals surface area contributed by atoms with Crippen molar-refractivity contribution in [3.8, 4) is 0 Å². The van der Waals surface area contributed by atoms with E-state index in [4.69, 9.17) is 5.11 Å². The summed E-state index contributed by atoms with van der Waals surface area (Å²) in [6.45, 7) is 1.81. The van der Waals surface area contributed by atoms with Crippen LogP contribution in [0.2, 0.25) is 0 Å². The van der Waals surface area contributed by atoms with Crippen LogP contribution in [0.3, 0.4) is 0 Å². The molecule has 0 rings (SSSR count). The fraction of sp³-hybridized carbons (Fsp3) is 0.875. The molecule has 0 amide bonds. The summed E-state index contributed by atoms with van der Waals surface area (Å²) in [4.78, 5) is 10.5. The van der Waals surface area contributed by atoms with Gasteiger partial charge in [0, 0.05) is 0 Å². The average molecular weight is 196 g/mol. The number of carbonyl (C=O) groups is 1. The van der Waals surface area contributed by atoms with Crippen LogP contribution < -0.4 is 0 Å². The molecule has 0 saturated heterocycles. The molecule has 0 radical (unpaired) electrons. The first kappa shape index (κ1) is 12.3. The second-order valence-electron chi connectivity index (χ2n) is 2.77. The highest BCUT2D eigenvalue weighted by Crippen LogP contribution is 2.23. The minimum atomic E-state index is -3.79. The summed E-state index contributed by atoms with van der Waals surface area (Å²) in [5.41, 5.74) is 0. The van der Waals surface area contributed by atoms with Gasteiger partial charge in [-0.15, -0.1) is 0 Å². The van der Waals surface area contributed by atoms with Gasteiger partial charge in [0.15, 0.2) is 0 Å². The summed E-state index contributed by atoms with van der Waals surface area (Å²) in [5.74, 6) is -5.47. The van der Waals surface area contributed by atoms with Crippen molar-refractivity contribution < 1.29 is 23.4 Å². The number of aliphatic hydroxyl groups excluding tert-OH is 1. The first-order chi connectivity index (χ1) is 5.96. The molecule has 3 nitrogen and oxygen atoms in total. The van der Waals surface area contributed by atoms with Crippen LogP contribution in [-0.2, 0) is 9.53 Å². The Hall–Kier alpha value is -0.710. The normalized spacial score (nSPS) is 13.9. The van der Waals surface area contributed by atoms with E-state index < -0.39 is 18.0 Å². The minimum absolute atomic E-state index is 0.0986. The molecule has 0 bridgehead atoms. The minimum Gasteiger partial charge on any atom is -0.465 e. The van der Waals surface area contributed by atoms with Crippen molar-refractivity contribution in [3.05, 3.63) is 0 Å². The molecule has 0 saturated carbocycles. The van der Waals surface area contributed by atoms with Crippen LogP contribution >= 0.6 is 0 Å². The maximum atomic E-state index is 12.8. The van der Waals surface area contributed by atoms with E-state index in [-0.39, 0.29) is 6.42 Å². The number of carbonyl (C=O) groups excluding carboxylic acids is 1. The Bertz CT molecular complexity index is 171. The van der Waals surface area contributed by atoms with Crippen LogP contribution in [0.1, 0.15) is 26.2 Å². The number of hydrogen-bond acceptors (Lipinski definition) is 3. The van der Waals surface area contributed by atoms with Crippen molar-refractivity contribution in [3.63, 3.8) is 0 Å².